The van der Waals surface area contributed by atoms with Crippen molar-refractivity contribution in [1.29, 1.82) is 0 Å². The van der Waals surface area contributed by atoms with Gasteiger partial charge >= 0.3 is 0 Å². The summed E-state index contributed by atoms with van der Waals surface area (Å²) in [5.74, 6) is 0.858. The Bertz CT molecular complexity index is 432. The van der Waals surface area contributed by atoms with E-state index in [0.717, 1.165) is 38.5 Å². The topological polar surface area (TPSA) is 58.5 Å². The van der Waals surface area contributed by atoms with Crippen LogP contribution in [0.15, 0.2) is 11.2 Å². The highest BCUT2D eigenvalue weighted by atomic mass is 127. The molecule has 0 radical (unpaired) electrons. The fourth-order valence-corrected chi connectivity index (χ4v) is 3.04. The average molecular weight is 424 g/mol. The zero-order valence-corrected chi connectivity index (χ0v) is 15.9. The van der Waals surface area contributed by atoms with E-state index in [9.17, 15) is 0 Å². The molecule has 0 spiro atoms. The number of hydrogen-bond donors (Lipinski definition) is 2. The molecule has 2 heterocycles. The molecule has 1 saturated heterocycles. The van der Waals surface area contributed by atoms with Gasteiger partial charge < -0.3 is 15.4 Å². The van der Waals surface area contributed by atoms with Crippen molar-refractivity contribution in [2.45, 2.75) is 38.7 Å². The van der Waals surface area contributed by atoms with E-state index in [-0.39, 0.29) is 24.0 Å². The summed E-state index contributed by atoms with van der Waals surface area (Å²) >= 11 is 1.75. The molecule has 1 aromatic rings. The first kappa shape index (κ1) is 18.6. The van der Waals surface area contributed by atoms with Crippen molar-refractivity contribution in [3.63, 3.8) is 0 Å². The number of aromatic nitrogens is 1. The Hall–Kier alpha value is -0.410. The van der Waals surface area contributed by atoms with Crippen molar-refractivity contribution in [3.8, 4) is 0 Å². The van der Waals surface area contributed by atoms with Crippen LogP contribution in [-0.2, 0) is 11.2 Å². The highest BCUT2D eigenvalue weighted by Crippen LogP contribution is 2.14. The van der Waals surface area contributed by atoms with E-state index in [0.29, 0.717) is 6.10 Å². The highest BCUT2D eigenvalue weighted by Gasteiger charge is 2.14. The highest BCUT2D eigenvalue weighted by molar-refractivity contribution is 14.0. The van der Waals surface area contributed by atoms with Crippen molar-refractivity contribution in [2.75, 3.05) is 26.7 Å². The SMILES string of the molecule is CN=C(NCCc1ncc(C)s1)NCCC1CCCO1.I. The average Bonchev–Trinajstić information content (AvgIpc) is 3.09. The number of hydrogen-bond acceptors (Lipinski definition) is 4. The summed E-state index contributed by atoms with van der Waals surface area (Å²) in [6, 6.07) is 0. The van der Waals surface area contributed by atoms with Crippen LogP contribution in [-0.4, -0.2) is 43.8 Å². The summed E-state index contributed by atoms with van der Waals surface area (Å²) in [6.45, 7) is 4.76. The molecule has 5 nitrogen and oxygen atoms in total. The lowest BCUT2D eigenvalue weighted by molar-refractivity contribution is 0.105. The molecule has 1 aromatic heterocycles. The molecule has 2 rings (SSSR count). The summed E-state index contributed by atoms with van der Waals surface area (Å²) in [5, 5.41) is 7.82. The van der Waals surface area contributed by atoms with E-state index >= 15 is 0 Å². The van der Waals surface area contributed by atoms with Crippen LogP contribution in [0.1, 0.15) is 29.1 Å². The van der Waals surface area contributed by atoms with E-state index in [1.165, 1.54) is 22.7 Å². The standard InChI is InChI=1S/C14H24N4OS.HI/c1-11-10-18-13(20-11)6-8-17-14(15-2)16-7-5-12-4-3-9-19-12;/h10,12H,3-9H2,1-2H3,(H2,15,16,17);1H. The second-order valence-corrected chi connectivity index (χ2v) is 6.28. The Morgan fingerprint density at radius 3 is 2.90 bits per heavy atom. The molecule has 21 heavy (non-hydrogen) atoms. The summed E-state index contributed by atoms with van der Waals surface area (Å²) in [7, 11) is 1.80. The number of ether oxygens (including phenoxy) is 1. The normalized spacial score (nSPS) is 18.4. The smallest absolute Gasteiger partial charge is 0.190 e. The van der Waals surface area contributed by atoms with E-state index < -0.39 is 0 Å². The zero-order valence-electron chi connectivity index (χ0n) is 12.7. The first-order valence-corrected chi connectivity index (χ1v) is 8.07. The number of aryl methyl sites for hydroxylation is 1. The molecular weight excluding hydrogens is 399 g/mol. The third-order valence-corrected chi connectivity index (χ3v) is 4.28. The lowest BCUT2D eigenvalue weighted by Crippen LogP contribution is -2.39. The Kier molecular flexibility index (Phi) is 9.18. The number of aliphatic imine (C=N–C) groups is 1. The van der Waals surface area contributed by atoms with Crippen LogP contribution < -0.4 is 10.6 Å². The van der Waals surface area contributed by atoms with Gasteiger partial charge in [0.1, 0.15) is 0 Å². The predicted molar refractivity (Wildman–Crippen MR) is 98.9 cm³/mol. The van der Waals surface area contributed by atoms with Crippen molar-refractivity contribution in [2.24, 2.45) is 4.99 Å². The number of rotatable bonds is 6. The molecule has 0 saturated carbocycles. The molecule has 0 aromatic carbocycles. The van der Waals surface area contributed by atoms with Gasteiger partial charge in [-0.1, -0.05) is 0 Å². The van der Waals surface area contributed by atoms with E-state index in [1.807, 2.05) is 6.20 Å². The second-order valence-electron chi connectivity index (χ2n) is 4.96. The molecule has 0 bridgehead atoms. The maximum atomic E-state index is 5.60. The largest absolute Gasteiger partial charge is 0.378 e. The molecule has 1 aliphatic rings. The molecule has 2 N–H and O–H groups in total. The summed E-state index contributed by atoms with van der Waals surface area (Å²) in [6.07, 6.45) is 6.73. The number of nitrogens with one attached hydrogen (secondary N) is 2. The minimum atomic E-state index is 0. The molecule has 120 valence electrons. The van der Waals surface area contributed by atoms with Crippen molar-refractivity contribution >= 4 is 41.3 Å². The third-order valence-electron chi connectivity index (χ3n) is 3.31. The minimum Gasteiger partial charge on any atom is -0.378 e. The molecule has 1 atom stereocenters. The van der Waals surface area contributed by atoms with Gasteiger partial charge in [-0.05, 0) is 26.2 Å². The van der Waals surface area contributed by atoms with Gasteiger partial charge in [0.2, 0.25) is 0 Å². The second kappa shape index (κ2) is 10.3. The summed E-state index contributed by atoms with van der Waals surface area (Å²) in [4.78, 5) is 9.84. The number of thiazole rings is 1. The van der Waals surface area contributed by atoms with Gasteiger partial charge in [-0.25, -0.2) is 4.98 Å². The first-order valence-electron chi connectivity index (χ1n) is 7.25. The molecule has 1 aliphatic heterocycles. The van der Waals surface area contributed by atoms with Crippen molar-refractivity contribution in [3.05, 3.63) is 16.1 Å². The van der Waals surface area contributed by atoms with Crippen LogP contribution >= 0.6 is 35.3 Å². The van der Waals surface area contributed by atoms with Crippen LogP contribution in [0.25, 0.3) is 0 Å². The maximum absolute atomic E-state index is 5.60. The Morgan fingerprint density at radius 1 is 1.48 bits per heavy atom. The van der Waals surface area contributed by atoms with Gasteiger partial charge in [0, 0.05) is 44.2 Å². The Labute approximate surface area is 148 Å². The van der Waals surface area contributed by atoms with E-state index in [2.05, 4.69) is 27.5 Å². The van der Waals surface area contributed by atoms with Gasteiger partial charge in [0.05, 0.1) is 11.1 Å². The molecule has 1 fully saturated rings. The van der Waals surface area contributed by atoms with Crippen LogP contribution in [0.5, 0.6) is 0 Å². The molecule has 0 amide bonds. The van der Waals surface area contributed by atoms with Gasteiger partial charge in [-0.3, -0.25) is 4.99 Å². The van der Waals surface area contributed by atoms with Gasteiger partial charge in [-0.2, -0.15) is 0 Å². The van der Waals surface area contributed by atoms with Crippen LogP contribution in [0.2, 0.25) is 0 Å². The molecule has 7 heteroatoms. The van der Waals surface area contributed by atoms with Crippen LogP contribution in [0.3, 0.4) is 0 Å². The van der Waals surface area contributed by atoms with E-state index in [4.69, 9.17) is 4.74 Å². The molecule has 1 unspecified atom stereocenters. The predicted octanol–water partition coefficient (Wildman–Crippen LogP) is 2.35. The van der Waals surface area contributed by atoms with Crippen molar-refractivity contribution < 1.29 is 4.74 Å². The number of nitrogens with zero attached hydrogens (tertiary/aromatic N) is 2. The monoisotopic (exact) mass is 424 g/mol. The lowest BCUT2D eigenvalue weighted by Gasteiger charge is -2.13. The number of halogens is 1. The van der Waals surface area contributed by atoms with Gasteiger partial charge in [-0.15, -0.1) is 35.3 Å². The first-order chi connectivity index (χ1) is 9.78. The summed E-state index contributed by atoms with van der Waals surface area (Å²) < 4.78 is 5.60. The van der Waals surface area contributed by atoms with Gasteiger partial charge in [0.25, 0.3) is 0 Å². The third kappa shape index (κ3) is 6.92. The Morgan fingerprint density at radius 2 is 2.29 bits per heavy atom. The Balaban J connectivity index is 0.00000220. The van der Waals surface area contributed by atoms with Crippen LogP contribution in [0.4, 0.5) is 0 Å². The maximum Gasteiger partial charge on any atom is 0.190 e. The fraction of sp³-hybridized carbons (Fsp3) is 0.714. The molecule has 0 aliphatic carbocycles. The molecular formula is C14H25IN4OS. The summed E-state index contributed by atoms with van der Waals surface area (Å²) in [5.41, 5.74) is 0. The van der Waals surface area contributed by atoms with Crippen LogP contribution in [0, 0.1) is 6.92 Å². The van der Waals surface area contributed by atoms with Gasteiger partial charge in [0.15, 0.2) is 5.96 Å². The minimum absolute atomic E-state index is 0. The quantitative estimate of drug-likeness (QED) is 0.418. The van der Waals surface area contributed by atoms with E-state index in [1.54, 1.807) is 18.4 Å². The van der Waals surface area contributed by atoms with Crippen molar-refractivity contribution in [1.82, 2.24) is 15.6 Å². The fourth-order valence-electron chi connectivity index (χ4n) is 2.25. The number of guanidine groups is 1. The zero-order chi connectivity index (χ0) is 14.2. The lowest BCUT2D eigenvalue weighted by atomic mass is 10.2.